The Bertz CT molecular complexity index is 2300. The molecule has 0 unspecified atom stereocenters. The molecule has 19 heteroatoms. The number of carbonyl (C=O) groups is 2. The van der Waals surface area contributed by atoms with Crippen LogP contribution in [-0.4, -0.2) is 47.8 Å². The molecule has 9 nitrogen and oxygen atoms in total. The Morgan fingerprint density at radius 1 is 0.667 bits per heavy atom. The molecule has 6 aromatic rings. The Balaban J connectivity index is 0.000000208. The largest absolute Gasteiger partial charge is 0.417 e. The Labute approximate surface area is 298 Å². The second kappa shape index (κ2) is 15.7. The molecule has 6 rings (SSSR count). The number of hydrogen-bond acceptors (Lipinski definition) is 6. The minimum absolute atomic E-state index is 0.00463. The number of ketones is 1. The van der Waals surface area contributed by atoms with E-state index in [1.54, 1.807) is 6.92 Å². The maximum atomic E-state index is 13.9. The van der Waals surface area contributed by atoms with E-state index in [1.165, 1.54) is 48.8 Å². The Morgan fingerprint density at radius 3 is 1.67 bits per heavy atom. The molecule has 280 valence electrons. The molecule has 54 heavy (non-hydrogen) atoms. The molecular weight excluding hydrogens is 740 g/mol. The number of amides is 1. The zero-order valence-electron chi connectivity index (χ0n) is 27.4. The van der Waals surface area contributed by atoms with Gasteiger partial charge in [-0.25, -0.2) is 36.9 Å². The Hall–Kier alpha value is -6.40. The van der Waals surface area contributed by atoms with Gasteiger partial charge in [0, 0.05) is 42.7 Å². The first kappa shape index (κ1) is 38.8. The highest BCUT2D eigenvalue weighted by Crippen LogP contribution is 2.34. The number of pyridine rings is 2. The fourth-order valence-corrected chi connectivity index (χ4v) is 5.01. The molecule has 0 saturated heterocycles. The van der Waals surface area contributed by atoms with Gasteiger partial charge in [-0.15, -0.1) is 5.10 Å². The topological polar surface area (TPSA) is 98.8 Å². The van der Waals surface area contributed by atoms with Crippen molar-refractivity contribution < 1.29 is 53.5 Å². The summed E-state index contributed by atoms with van der Waals surface area (Å²) in [4.78, 5) is 33.2. The second-order valence-corrected chi connectivity index (χ2v) is 11.0. The summed E-state index contributed by atoms with van der Waals surface area (Å²) >= 11 is 0. The molecule has 4 aromatic heterocycles. The maximum Gasteiger partial charge on any atom is 0.417 e. The van der Waals surface area contributed by atoms with Gasteiger partial charge in [0.05, 0.1) is 41.2 Å². The quantitative estimate of drug-likeness (QED) is 0.115. The molecular formula is C35H23F10N7O2. The standard InChI is InChI=1S/C18H13F5N4O.C17H10F5N3O/c1-2-26(17(28)12-5-3-4-6-13(12)18(21,22)23)15-7-8-27(25-15)16-14(20)9-11(19)10-24-16;18-10-7-14(19)16(23-9-10)25-6-5-11(24-25)8-15(26)12-3-1-2-4-13(12)17(20,21)22/h3-10H,2H2,1H3;1-7,9H,8H2. The minimum Gasteiger partial charge on any atom is -0.294 e. The van der Waals surface area contributed by atoms with Crippen LogP contribution in [0.4, 0.5) is 49.7 Å². The van der Waals surface area contributed by atoms with Crippen LogP contribution in [0, 0.1) is 23.3 Å². The highest BCUT2D eigenvalue weighted by atomic mass is 19.4. The third kappa shape index (κ3) is 8.79. The fourth-order valence-electron chi connectivity index (χ4n) is 5.01. The van der Waals surface area contributed by atoms with Crippen molar-refractivity contribution in [1.82, 2.24) is 29.5 Å². The molecule has 0 aliphatic heterocycles. The first-order valence-corrected chi connectivity index (χ1v) is 15.4. The number of nitrogens with zero attached hydrogens (tertiary/aromatic N) is 7. The number of Topliss-reactive ketones (excluding diaryl/α,β-unsaturated/α-hetero) is 1. The van der Waals surface area contributed by atoms with Crippen molar-refractivity contribution in [2.24, 2.45) is 0 Å². The van der Waals surface area contributed by atoms with Crippen LogP contribution in [-0.2, 0) is 18.8 Å². The zero-order chi connectivity index (χ0) is 39.4. The van der Waals surface area contributed by atoms with E-state index in [4.69, 9.17) is 0 Å². The Morgan fingerprint density at radius 2 is 1.15 bits per heavy atom. The number of rotatable bonds is 8. The summed E-state index contributed by atoms with van der Waals surface area (Å²) in [5.74, 6) is -5.98. The monoisotopic (exact) mass is 763 g/mol. The molecule has 0 bridgehead atoms. The third-order valence-corrected chi connectivity index (χ3v) is 7.41. The van der Waals surface area contributed by atoms with Gasteiger partial charge in [-0.3, -0.25) is 14.5 Å². The lowest BCUT2D eigenvalue weighted by Gasteiger charge is -2.20. The number of halogens is 10. The molecule has 0 spiro atoms. The van der Waals surface area contributed by atoms with Crippen molar-refractivity contribution in [3.8, 4) is 11.6 Å². The SMILES string of the molecule is CCN(C(=O)c1ccccc1C(F)(F)F)c1ccn(-c2ncc(F)cc2F)n1.O=C(Cc1ccn(-c2ncc(F)cc2F)n1)c1ccccc1C(F)(F)F. The lowest BCUT2D eigenvalue weighted by Crippen LogP contribution is -2.32. The third-order valence-electron chi connectivity index (χ3n) is 7.41. The number of hydrogen-bond donors (Lipinski definition) is 0. The van der Waals surface area contributed by atoms with Gasteiger partial charge < -0.3 is 0 Å². The smallest absolute Gasteiger partial charge is 0.294 e. The number of aromatic nitrogens is 6. The highest BCUT2D eigenvalue weighted by molar-refractivity contribution is 6.06. The van der Waals surface area contributed by atoms with Crippen LogP contribution >= 0.6 is 0 Å². The number of benzene rings is 2. The van der Waals surface area contributed by atoms with E-state index in [1.807, 2.05) is 0 Å². The van der Waals surface area contributed by atoms with Crippen molar-refractivity contribution >= 4 is 17.5 Å². The van der Waals surface area contributed by atoms with Crippen LogP contribution in [0.2, 0.25) is 0 Å². The van der Waals surface area contributed by atoms with Gasteiger partial charge in [-0.1, -0.05) is 30.3 Å². The molecule has 0 atom stereocenters. The summed E-state index contributed by atoms with van der Waals surface area (Å²) in [6, 6.07) is 12.7. The van der Waals surface area contributed by atoms with Gasteiger partial charge in [-0.05, 0) is 31.2 Å². The number of anilines is 1. The van der Waals surface area contributed by atoms with Crippen LogP contribution in [0.5, 0.6) is 0 Å². The van der Waals surface area contributed by atoms with Gasteiger partial charge in [-0.2, -0.15) is 31.4 Å². The molecule has 0 aliphatic carbocycles. The van der Waals surface area contributed by atoms with E-state index in [0.717, 1.165) is 50.9 Å². The van der Waals surface area contributed by atoms with Gasteiger partial charge in [0.2, 0.25) is 0 Å². The van der Waals surface area contributed by atoms with Crippen molar-refractivity contribution in [2.45, 2.75) is 25.7 Å². The van der Waals surface area contributed by atoms with E-state index in [-0.39, 0.29) is 29.7 Å². The number of alkyl halides is 6. The molecule has 0 aliphatic rings. The lowest BCUT2D eigenvalue weighted by molar-refractivity contribution is -0.138. The zero-order valence-corrected chi connectivity index (χ0v) is 27.4. The average Bonchev–Trinajstić information content (AvgIpc) is 3.78. The first-order valence-electron chi connectivity index (χ1n) is 15.4. The summed E-state index contributed by atoms with van der Waals surface area (Å²) in [5.41, 5.74) is -2.98. The van der Waals surface area contributed by atoms with Gasteiger partial charge in [0.15, 0.2) is 34.9 Å². The molecule has 0 saturated carbocycles. The van der Waals surface area contributed by atoms with Gasteiger partial charge >= 0.3 is 12.4 Å². The van der Waals surface area contributed by atoms with Gasteiger partial charge in [0.25, 0.3) is 5.91 Å². The van der Waals surface area contributed by atoms with E-state index in [9.17, 15) is 53.5 Å². The summed E-state index contributed by atoms with van der Waals surface area (Å²) in [5, 5.41) is 7.91. The normalized spacial score (nSPS) is 11.5. The van der Waals surface area contributed by atoms with E-state index in [2.05, 4.69) is 20.2 Å². The average molecular weight is 764 g/mol. The van der Waals surface area contributed by atoms with Crippen LogP contribution < -0.4 is 4.90 Å². The van der Waals surface area contributed by atoms with Crippen LogP contribution in [0.25, 0.3) is 11.6 Å². The summed E-state index contributed by atoms with van der Waals surface area (Å²) in [7, 11) is 0. The predicted octanol–water partition coefficient (Wildman–Crippen LogP) is 8.22. The minimum atomic E-state index is -4.70. The Kier molecular flexibility index (Phi) is 11.3. The molecule has 1 amide bonds. The van der Waals surface area contributed by atoms with Crippen LogP contribution in [0.3, 0.4) is 0 Å². The first-order chi connectivity index (χ1) is 25.5. The fraction of sp³-hybridized carbons (Fsp3) is 0.143. The van der Waals surface area contributed by atoms with Gasteiger partial charge in [0.1, 0.15) is 11.6 Å². The summed E-state index contributed by atoms with van der Waals surface area (Å²) in [6.45, 7) is 1.57. The van der Waals surface area contributed by atoms with Crippen molar-refractivity contribution in [3.63, 3.8) is 0 Å². The molecule has 2 aromatic carbocycles. The molecule has 0 radical (unpaired) electrons. The summed E-state index contributed by atoms with van der Waals surface area (Å²) in [6.07, 6.45) is -5.64. The van der Waals surface area contributed by atoms with E-state index >= 15 is 0 Å². The maximum absolute atomic E-state index is 13.9. The highest BCUT2D eigenvalue weighted by Gasteiger charge is 2.37. The van der Waals surface area contributed by atoms with Crippen molar-refractivity contribution in [2.75, 3.05) is 11.4 Å². The van der Waals surface area contributed by atoms with E-state index < -0.39 is 76.0 Å². The molecule has 0 N–H and O–H groups in total. The van der Waals surface area contributed by atoms with Crippen LogP contribution in [0.1, 0.15) is 44.5 Å². The summed E-state index contributed by atoms with van der Waals surface area (Å²) < 4.78 is 134. The van der Waals surface area contributed by atoms with E-state index in [0.29, 0.717) is 12.1 Å². The predicted molar refractivity (Wildman–Crippen MR) is 171 cm³/mol. The molecule has 0 fully saturated rings. The lowest BCUT2D eigenvalue weighted by atomic mass is 10.0. The van der Waals surface area contributed by atoms with Crippen molar-refractivity contribution in [3.05, 3.63) is 149 Å². The second-order valence-electron chi connectivity index (χ2n) is 11.0. The molecule has 4 heterocycles. The number of carbonyl (C=O) groups excluding carboxylic acids is 2. The van der Waals surface area contributed by atoms with Crippen molar-refractivity contribution in [1.29, 1.82) is 0 Å². The van der Waals surface area contributed by atoms with Crippen LogP contribution in [0.15, 0.2) is 97.6 Å².